The lowest BCUT2D eigenvalue weighted by Gasteiger charge is -2.07. The number of ether oxygens (including phenoxy) is 2. The van der Waals surface area contributed by atoms with Crippen molar-refractivity contribution in [3.8, 4) is 5.75 Å². The first-order valence-corrected chi connectivity index (χ1v) is 6.46. The van der Waals surface area contributed by atoms with Crippen LogP contribution in [-0.4, -0.2) is 18.1 Å². The van der Waals surface area contributed by atoms with E-state index in [2.05, 4.69) is 4.98 Å². The van der Waals surface area contributed by atoms with Crippen molar-refractivity contribution >= 4 is 5.97 Å². The van der Waals surface area contributed by atoms with Crippen LogP contribution in [0.15, 0.2) is 48.8 Å². The van der Waals surface area contributed by atoms with Crippen LogP contribution in [0.5, 0.6) is 5.75 Å². The Morgan fingerprint density at radius 1 is 1.20 bits per heavy atom. The Bertz CT molecular complexity index is 555. The summed E-state index contributed by atoms with van der Waals surface area (Å²) in [5, 5.41) is 0. The van der Waals surface area contributed by atoms with Crippen LogP contribution in [0.3, 0.4) is 0 Å². The van der Waals surface area contributed by atoms with E-state index in [1.807, 2.05) is 30.3 Å². The van der Waals surface area contributed by atoms with Gasteiger partial charge in [-0.2, -0.15) is 0 Å². The Balaban J connectivity index is 1.80. The van der Waals surface area contributed by atoms with Gasteiger partial charge in [0.05, 0.1) is 7.11 Å². The molecule has 0 unspecified atom stereocenters. The first-order valence-electron chi connectivity index (χ1n) is 6.46. The number of rotatable bonds is 6. The first kappa shape index (κ1) is 14.1. The third kappa shape index (κ3) is 4.09. The molecule has 1 heterocycles. The molecule has 2 aromatic rings. The van der Waals surface area contributed by atoms with Gasteiger partial charge in [-0.3, -0.25) is 9.78 Å². The highest BCUT2D eigenvalue weighted by molar-refractivity contribution is 5.69. The Morgan fingerprint density at radius 2 is 2.00 bits per heavy atom. The molecule has 4 heteroatoms. The minimum atomic E-state index is -0.222. The van der Waals surface area contributed by atoms with Gasteiger partial charge in [0.15, 0.2) is 0 Å². The molecule has 4 nitrogen and oxygen atoms in total. The van der Waals surface area contributed by atoms with E-state index in [1.54, 1.807) is 25.6 Å². The summed E-state index contributed by atoms with van der Waals surface area (Å²) in [7, 11) is 1.60. The average molecular weight is 271 g/mol. The van der Waals surface area contributed by atoms with E-state index >= 15 is 0 Å². The third-order valence-corrected chi connectivity index (χ3v) is 2.92. The number of benzene rings is 1. The van der Waals surface area contributed by atoms with Crippen molar-refractivity contribution in [2.45, 2.75) is 19.4 Å². The fourth-order valence-electron chi connectivity index (χ4n) is 1.85. The number of nitrogens with zero attached hydrogens (tertiary/aromatic N) is 1. The van der Waals surface area contributed by atoms with Crippen LogP contribution < -0.4 is 4.74 Å². The third-order valence-electron chi connectivity index (χ3n) is 2.92. The van der Waals surface area contributed by atoms with Gasteiger partial charge in [-0.25, -0.2) is 0 Å². The molecule has 0 saturated heterocycles. The van der Waals surface area contributed by atoms with Gasteiger partial charge in [0.2, 0.25) is 0 Å². The van der Waals surface area contributed by atoms with Crippen LogP contribution in [-0.2, 0) is 22.6 Å². The quantitative estimate of drug-likeness (QED) is 0.758. The number of carbonyl (C=O) groups excluding carboxylic acids is 1. The molecular weight excluding hydrogens is 254 g/mol. The number of aromatic nitrogens is 1. The largest absolute Gasteiger partial charge is 0.496 e. The predicted octanol–water partition coefficient (Wildman–Crippen LogP) is 2.77. The Morgan fingerprint density at radius 3 is 2.75 bits per heavy atom. The van der Waals surface area contributed by atoms with E-state index in [9.17, 15) is 4.79 Å². The number of hydrogen-bond donors (Lipinski definition) is 0. The van der Waals surface area contributed by atoms with Crippen molar-refractivity contribution in [3.05, 3.63) is 59.9 Å². The summed E-state index contributed by atoms with van der Waals surface area (Å²) in [4.78, 5) is 15.7. The van der Waals surface area contributed by atoms with E-state index in [1.165, 1.54) is 0 Å². The summed E-state index contributed by atoms with van der Waals surface area (Å²) in [5.74, 6) is 0.524. The first-order chi connectivity index (χ1) is 9.79. The molecule has 2 rings (SSSR count). The van der Waals surface area contributed by atoms with Gasteiger partial charge in [-0.1, -0.05) is 30.3 Å². The maximum atomic E-state index is 11.7. The van der Waals surface area contributed by atoms with Crippen molar-refractivity contribution < 1.29 is 14.3 Å². The summed E-state index contributed by atoms with van der Waals surface area (Å²) in [5.41, 5.74) is 1.89. The maximum absolute atomic E-state index is 11.7. The molecule has 104 valence electrons. The molecule has 0 amide bonds. The standard InChI is InChI=1S/C16H17NO3/c1-19-15-9-10-17-11-14(15)7-8-16(18)20-12-13-5-3-2-4-6-13/h2-6,9-11H,7-8,12H2,1H3. The molecule has 20 heavy (non-hydrogen) atoms. The second-order valence-electron chi connectivity index (χ2n) is 4.33. The molecule has 1 aromatic carbocycles. The fourth-order valence-corrected chi connectivity index (χ4v) is 1.85. The number of pyridine rings is 1. The van der Waals surface area contributed by atoms with Crippen LogP contribution in [0.4, 0.5) is 0 Å². The van der Waals surface area contributed by atoms with E-state index in [-0.39, 0.29) is 5.97 Å². The number of aryl methyl sites for hydroxylation is 1. The summed E-state index contributed by atoms with van der Waals surface area (Å²) >= 11 is 0. The van der Waals surface area contributed by atoms with Gasteiger partial charge in [0, 0.05) is 24.4 Å². The van der Waals surface area contributed by atoms with Gasteiger partial charge >= 0.3 is 5.97 Å². The van der Waals surface area contributed by atoms with Crippen molar-refractivity contribution in [1.29, 1.82) is 0 Å². The van der Waals surface area contributed by atoms with Gasteiger partial charge < -0.3 is 9.47 Å². The van der Waals surface area contributed by atoms with Crippen molar-refractivity contribution in [2.24, 2.45) is 0 Å². The van der Waals surface area contributed by atoms with Gasteiger partial charge in [-0.05, 0) is 18.1 Å². The monoisotopic (exact) mass is 271 g/mol. The van der Waals surface area contributed by atoms with E-state index in [4.69, 9.17) is 9.47 Å². The van der Waals surface area contributed by atoms with Gasteiger partial charge in [0.1, 0.15) is 12.4 Å². The lowest BCUT2D eigenvalue weighted by molar-refractivity contribution is -0.144. The fraction of sp³-hybridized carbons (Fsp3) is 0.250. The van der Waals surface area contributed by atoms with Gasteiger partial charge in [0.25, 0.3) is 0 Å². The second-order valence-corrected chi connectivity index (χ2v) is 4.33. The zero-order valence-corrected chi connectivity index (χ0v) is 11.4. The average Bonchev–Trinajstić information content (AvgIpc) is 2.52. The maximum Gasteiger partial charge on any atom is 0.306 e. The van der Waals surface area contributed by atoms with Crippen molar-refractivity contribution in [1.82, 2.24) is 4.98 Å². The number of hydrogen-bond acceptors (Lipinski definition) is 4. The molecule has 1 aromatic heterocycles. The van der Waals surface area contributed by atoms with Crippen molar-refractivity contribution in [2.75, 3.05) is 7.11 Å². The van der Waals surface area contributed by atoms with Crippen LogP contribution in [0.1, 0.15) is 17.5 Å². The zero-order chi connectivity index (χ0) is 14.2. The molecule has 0 N–H and O–H groups in total. The second kappa shape index (κ2) is 7.28. The summed E-state index contributed by atoms with van der Waals surface area (Å²) < 4.78 is 10.4. The molecule has 0 bridgehead atoms. The highest BCUT2D eigenvalue weighted by Crippen LogP contribution is 2.17. The topological polar surface area (TPSA) is 48.4 Å². The van der Waals surface area contributed by atoms with Crippen molar-refractivity contribution in [3.63, 3.8) is 0 Å². The number of methoxy groups -OCH3 is 1. The van der Waals surface area contributed by atoms with Crippen LogP contribution in [0, 0.1) is 0 Å². The number of esters is 1. The highest BCUT2D eigenvalue weighted by atomic mass is 16.5. The molecule has 0 aliphatic heterocycles. The minimum Gasteiger partial charge on any atom is -0.496 e. The molecule has 0 atom stereocenters. The number of carbonyl (C=O) groups is 1. The normalized spacial score (nSPS) is 10.1. The molecular formula is C16H17NO3. The summed E-state index contributed by atoms with van der Waals surface area (Å²) in [6.07, 6.45) is 4.25. The van der Waals surface area contributed by atoms with Crippen LogP contribution >= 0.6 is 0 Å². The lowest BCUT2D eigenvalue weighted by atomic mass is 10.1. The molecule has 0 saturated carbocycles. The Hall–Kier alpha value is -2.36. The highest BCUT2D eigenvalue weighted by Gasteiger charge is 2.07. The molecule has 0 spiro atoms. The van der Waals surface area contributed by atoms with Crippen LogP contribution in [0.2, 0.25) is 0 Å². The van der Waals surface area contributed by atoms with E-state index < -0.39 is 0 Å². The Labute approximate surface area is 118 Å². The Kier molecular flexibility index (Phi) is 5.12. The molecule has 0 aliphatic carbocycles. The lowest BCUT2D eigenvalue weighted by Crippen LogP contribution is -2.06. The molecule has 0 aliphatic rings. The summed E-state index contributed by atoms with van der Waals surface area (Å²) in [6.45, 7) is 0.309. The van der Waals surface area contributed by atoms with E-state index in [0.29, 0.717) is 19.4 Å². The molecule has 0 fully saturated rings. The van der Waals surface area contributed by atoms with Gasteiger partial charge in [-0.15, -0.1) is 0 Å². The van der Waals surface area contributed by atoms with E-state index in [0.717, 1.165) is 16.9 Å². The predicted molar refractivity (Wildman–Crippen MR) is 75.3 cm³/mol. The summed E-state index contributed by atoms with van der Waals surface area (Å²) in [6, 6.07) is 11.4. The van der Waals surface area contributed by atoms with Crippen LogP contribution in [0.25, 0.3) is 0 Å². The zero-order valence-electron chi connectivity index (χ0n) is 11.4. The smallest absolute Gasteiger partial charge is 0.306 e. The SMILES string of the molecule is COc1ccncc1CCC(=O)OCc1ccccc1. The molecule has 0 radical (unpaired) electrons. The minimum absolute atomic E-state index is 0.222.